The predicted octanol–water partition coefficient (Wildman–Crippen LogP) is 3.46. The molecule has 110 valence electrons. The molecule has 0 aliphatic heterocycles. The molecule has 0 spiro atoms. The lowest BCUT2D eigenvalue weighted by Gasteiger charge is -2.09. The number of carboxylic acids is 1. The van der Waals surface area contributed by atoms with Crippen LogP contribution in [0.15, 0.2) is 28.9 Å². The Morgan fingerprint density at radius 1 is 1.48 bits per heavy atom. The van der Waals surface area contributed by atoms with Gasteiger partial charge in [-0.15, -0.1) is 0 Å². The van der Waals surface area contributed by atoms with Crippen molar-refractivity contribution in [2.45, 2.75) is 13.5 Å². The van der Waals surface area contributed by atoms with Crippen molar-refractivity contribution in [3.63, 3.8) is 0 Å². The summed E-state index contributed by atoms with van der Waals surface area (Å²) in [6, 6.07) is 4.23. The van der Waals surface area contributed by atoms with E-state index in [1.807, 2.05) is 0 Å². The molecule has 0 radical (unpaired) electrons. The Labute approximate surface area is 124 Å². The Morgan fingerprint density at radius 3 is 2.76 bits per heavy atom. The highest BCUT2D eigenvalue weighted by atomic mass is 35.5. The molecule has 0 bridgehead atoms. The number of carboxylic acid groups (broad SMARTS) is 1. The molecule has 0 saturated heterocycles. The zero-order valence-corrected chi connectivity index (χ0v) is 11.7. The van der Waals surface area contributed by atoms with Crippen LogP contribution in [-0.4, -0.2) is 16.0 Å². The topological polar surface area (TPSA) is 106 Å². The van der Waals surface area contributed by atoms with Crippen molar-refractivity contribution < 1.29 is 19.2 Å². The molecule has 0 amide bonds. The number of nitrogens with zero attached hydrogens (tertiary/aromatic N) is 1. The number of halogens is 1. The Balaban J connectivity index is 2.14. The third-order valence-electron chi connectivity index (χ3n) is 2.84. The van der Waals surface area contributed by atoms with Crippen molar-refractivity contribution >= 4 is 28.9 Å². The number of nitro groups is 1. The lowest BCUT2D eigenvalue weighted by molar-refractivity contribution is -0.384. The number of carbonyl (C=O) groups is 1. The number of furan rings is 1. The van der Waals surface area contributed by atoms with E-state index in [9.17, 15) is 14.9 Å². The molecule has 0 aliphatic carbocycles. The fourth-order valence-corrected chi connectivity index (χ4v) is 2.00. The molecule has 2 aromatic rings. The van der Waals surface area contributed by atoms with Crippen LogP contribution in [0.5, 0.6) is 0 Å². The van der Waals surface area contributed by atoms with Gasteiger partial charge in [-0.2, -0.15) is 0 Å². The summed E-state index contributed by atoms with van der Waals surface area (Å²) in [6.45, 7) is 1.94. The summed E-state index contributed by atoms with van der Waals surface area (Å²) in [5, 5.41) is 22.6. The minimum atomic E-state index is -1.07. The van der Waals surface area contributed by atoms with Crippen LogP contribution in [0.2, 0.25) is 5.02 Å². The molecular formula is C13H11ClN2O5. The first-order valence-electron chi connectivity index (χ1n) is 5.87. The maximum atomic E-state index is 10.8. The smallest absolute Gasteiger partial charge is 0.338 e. The fourth-order valence-electron chi connectivity index (χ4n) is 1.76. The van der Waals surface area contributed by atoms with Crippen LogP contribution in [0.1, 0.15) is 21.7 Å². The summed E-state index contributed by atoms with van der Waals surface area (Å²) >= 11 is 5.84. The van der Waals surface area contributed by atoms with Gasteiger partial charge >= 0.3 is 5.97 Å². The van der Waals surface area contributed by atoms with Crippen molar-refractivity contribution in [3.05, 3.63) is 56.5 Å². The van der Waals surface area contributed by atoms with Gasteiger partial charge in [0.15, 0.2) is 0 Å². The van der Waals surface area contributed by atoms with Crippen molar-refractivity contribution in [2.24, 2.45) is 0 Å². The maximum Gasteiger partial charge on any atom is 0.338 e. The molecule has 0 atom stereocenters. The van der Waals surface area contributed by atoms with E-state index < -0.39 is 10.9 Å². The van der Waals surface area contributed by atoms with Gasteiger partial charge in [0.2, 0.25) is 0 Å². The molecule has 0 unspecified atom stereocenters. The first kappa shape index (κ1) is 14.9. The quantitative estimate of drug-likeness (QED) is 0.647. The molecule has 1 heterocycles. The summed E-state index contributed by atoms with van der Waals surface area (Å²) in [6.07, 6.45) is 1.15. The van der Waals surface area contributed by atoms with Crippen LogP contribution < -0.4 is 5.32 Å². The minimum Gasteiger partial charge on any atom is -0.478 e. The van der Waals surface area contributed by atoms with E-state index in [-0.39, 0.29) is 22.8 Å². The van der Waals surface area contributed by atoms with E-state index in [4.69, 9.17) is 21.1 Å². The fraction of sp³-hybridized carbons (Fsp3) is 0.154. The SMILES string of the molecule is Cc1cc([N+](=O)[O-])c(Cl)cc1NCc1cc(C(=O)O)co1. The molecule has 0 aliphatic rings. The number of rotatable bonds is 5. The van der Waals surface area contributed by atoms with E-state index in [0.29, 0.717) is 17.0 Å². The van der Waals surface area contributed by atoms with Crippen molar-refractivity contribution in [1.82, 2.24) is 0 Å². The Kier molecular flexibility index (Phi) is 4.13. The van der Waals surface area contributed by atoms with E-state index in [2.05, 4.69) is 5.32 Å². The number of aryl methyl sites for hydroxylation is 1. The summed E-state index contributed by atoms with van der Waals surface area (Å²) in [5.74, 6) is -0.638. The van der Waals surface area contributed by atoms with Gasteiger partial charge in [-0.05, 0) is 24.6 Å². The van der Waals surface area contributed by atoms with Crippen LogP contribution in [0.4, 0.5) is 11.4 Å². The number of aromatic carboxylic acids is 1. The average molecular weight is 311 g/mol. The largest absolute Gasteiger partial charge is 0.478 e. The molecule has 8 heteroatoms. The monoisotopic (exact) mass is 310 g/mol. The van der Waals surface area contributed by atoms with Gasteiger partial charge < -0.3 is 14.8 Å². The summed E-state index contributed by atoms with van der Waals surface area (Å²) in [4.78, 5) is 20.9. The normalized spacial score (nSPS) is 10.4. The van der Waals surface area contributed by atoms with Gasteiger partial charge in [-0.3, -0.25) is 10.1 Å². The Hall–Kier alpha value is -2.54. The number of anilines is 1. The number of benzene rings is 1. The molecule has 0 saturated carbocycles. The Morgan fingerprint density at radius 2 is 2.19 bits per heavy atom. The first-order chi connectivity index (χ1) is 9.88. The lowest BCUT2D eigenvalue weighted by Crippen LogP contribution is -2.01. The van der Waals surface area contributed by atoms with Crippen LogP contribution in [0.3, 0.4) is 0 Å². The van der Waals surface area contributed by atoms with Gasteiger partial charge in [-0.25, -0.2) is 4.79 Å². The molecule has 21 heavy (non-hydrogen) atoms. The van der Waals surface area contributed by atoms with Gasteiger partial charge in [-0.1, -0.05) is 11.6 Å². The highest BCUT2D eigenvalue weighted by Crippen LogP contribution is 2.30. The van der Waals surface area contributed by atoms with Crippen LogP contribution >= 0.6 is 11.6 Å². The molecule has 2 rings (SSSR count). The van der Waals surface area contributed by atoms with Crippen LogP contribution in [0, 0.1) is 17.0 Å². The first-order valence-corrected chi connectivity index (χ1v) is 6.25. The molecule has 1 aromatic carbocycles. The number of nitrogens with one attached hydrogen (secondary N) is 1. The summed E-state index contributed by atoms with van der Waals surface area (Å²) in [7, 11) is 0. The molecular weight excluding hydrogens is 300 g/mol. The van der Waals surface area contributed by atoms with Gasteiger partial charge in [0.1, 0.15) is 17.0 Å². The molecule has 2 N–H and O–H groups in total. The minimum absolute atomic E-state index is 0.0266. The van der Waals surface area contributed by atoms with E-state index in [1.165, 1.54) is 18.2 Å². The maximum absolute atomic E-state index is 10.8. The van der Waals surface area contributed by atoms with E-state index in [0.717, 1.165) is 6.26 Å². The molecule has 7 nitrogen and oxygen atoms in total. The van der Waals surface area contributed by atoms with E-state index in [1.54, 1.807) is 6.92 Å². The van der Waals surface area contributed by atoms with Crippen molar-refractivity contribution in [1.29, 1.82) is 0 Å². The number of hydrogen-bond donors (Lipinski definition) is 2. The number of hydrogen-bond acceptors (Lipinski definition) is 5. The highest BCUT2D eigenvalue weighted by molar-refractivity contribution is 6.33. The van der Waals surface area contributed by atoms with Gasteiger partial charge in [0.25, 0.3) is 5.69 Å². The molecule has 0 fully saturated rings. The second kappa shape index (κ2) is 5.84. The standard InChI is InChI=1S/C13H11ClN2O5/c1-7-2-12(16(19)20)10(14)4-11(7)15-5-9-3-8(6-21-9)13(17)18/h2-4,6,15H,5H2,1H3,(H,17,18). The van der Waals surface area contributed by atoms with Crippen LogP contribution in [-0.2, 0) is 6.54 Å². The van der Waals surface area contributed by atoms with Crippen molar-refractivity contribution in [3.8, 4) is 0 Å². The second-order valence-electron chi connectivity index (χ2n) is 4.34. The van der Waals surface area contributed by atoms with E-state index >= 15 is 0 Å². The highest BCUT2D eigenvalue weighted by Gasteiger charge is 2.15. The lowest BCUT2D eigenvalue weighted by atomic mass is 10.1. The summed E-state index contributed by atoms with van der Waals surface area (Å²) < 4.78 is 5.10. The third kappa shape index (κ3) is 3.32. The van der Waals surface area contributed by atoms with Gasteiger partial charge in [0, 0.05) is 11.8 Å². The number of nitro benzene ring substituents is 1. The average Bonchev–Trinajstić information content (AvgIpc) is 2.88. The second-order valence-corrected chi connectivity index (χ2v) is 4.74. The van der Waals surface area contributed by atoms with Gasteiger partial charge in [0.05, 0.1) is 17.0 Å². The third-order valence-corrected chi connectivity index (χ3v) is 3.15. The van der Waals surface area contributed by atoms with Crippen LogP contribution in [0.25, 0.3) is 0 Å². The predicted molar refractivity (Wildman–Crippen MR) is 75.8 cm³/mol. The zero-order chi connectivity index (χ0) is 15.6. The summed E-state index contributed by atoms with van der Waals surface area (Å²) in [5.41, 5.74) is 1.16. The molecule has 1 aromatic heterocycles. The van der Waals surface area contributed by atoms with Crippen molar-refractivity contribution in [2.75, 3.05) is 5.32 Å². The Bertz CT molecular complexity index is 711. The zero-order valence-electron chi connectivity index (χ0n) is 10.9.